The van der Waals surface area contributed by atoms with Crippen LogP contribution >= 0.6 is 0 Å². The smallest absolute Gasteiger partial charge is 0.119 e. The normalized spacial score (nSPS) is 23.0. The van der Waals surface area contributed by atoms with Gasteiger partial charge >= 0.3 is 0 Å². The van der Waals surface area contributed by atoms with E-state index in [1.807, 2.05) is 6.07 Å². The van der Waals surface area contributed by atoms with Crippen molar-refractivity contribution in [3.05, 3.63) is 29.8 Å². The van der Waals surface area contributed by atoms with Gasteiger partial charge in [-0.1, -0.05) is 45.7 Å². The Bertz CT molecular complexity index is 435. The molecule has 1 aliphatic carbocycles. The first-order valence-electron chi connectivity index (χ1n) is 8.37. The van der Waals surface area contributed by atoms with Crippen LogP contribution in [0.4, 0.5) is 0 Å². The number of rotatable bonds is 5. The summed E-state index contributed by atoms with van der Waals surface area (Å²) in [6.07, 6.45) is 6.56. The lowest BCUT2D eigenvalue weighted by Crippen LogP contribution is -2.44. The molecule has 1 saturated carbocycles. The Morgan fingerprint density at radius 1 is 1.19 bits per heavy atom. The van der Waals surface area contributed by atoms with Crippen molar-refractivity contribution in [1.29, 1.82) is 0 Å². The molecule has 0 aromatic heterocycles. The summed E-state index contributed by atoms with van der Waals surface area (Å²) in [6.45, 7) is 8.23. The van der Waals surface area contributed by atoms with Gasteiger partial charge in [0, 0.05) is 6.04 Å². The summed E-state index contributed by atoms with van der Waals surface area (Å²) < 4.78 is 5.29. The zero-order chi connectivity index (χ0) is 15.3. The largest absolute Gasteiger partial charge is 0.497 e. The summed E-state index contributed by atoms with van der Waals surface area (Å²) in [5, 5.41) is 3.82. The summed E-state index contributed by atoms with van der Waals surface area (Å²) in [7, 11) is 1.73. The topological polar surface area (TPSA) is 21.3 Å². The second-order valence-electron chi connectivity index (χ2n) is 7.42. The average Bonchev–Trinajstić information content (AvgIpc) is 2.47. The standard InChI is InChI=1S/C19H31NO/c1-19(2,3)17-10-5-6-11-18(17)20-13-12-15-8-7-9-16(14-15)21-4/h7-9,14,17-18,20H,5-6,10-13H2,1-4H3. The third-order valence-electron chi connectivity index (χ3n) is 4.83. The molecular weight excluding hydrogens is 258 g/mol. The molecule has 2 heteroatoms. The molecule has 0 spiro atoms. The fraction of sp³-hybridized carbons (Fsp3) is 0.684. The summed E-state index contributed by atoms with van der Waals surface area (Å²) in [4.78, 5) is 0. The lowest BCUT2D eigenvalue weighted by Gasteiger charge is -2.41. The number of hydrogen-bond donors (Lipinski definition) is 1. The van der Waals surface area contributed by atoms with Crippen LogP contribution in [-0.2, 0) is 6.42 Å². The Morgan fingerprint density at radius 2 is 1.95 bits per heavy atom. The molecule has 0 bridgehead atoms. The second-order valence-corrected chi connectivity index (χ2v) is 7.42. The van der Waals surface area contributed by atoms with E-state index in [0.717, 1.165) is 24.6 Å². The van der Waals surface area contributed by atoms with Gasteiger partial charge in [-0.15, -0.1) is 0 Å². The van der Waals surface area contributed by atoms with E-state index in [-0.39, 0.29) is 0 Å². The fourth-order valence-corrected chi connectivity index (χ4v) is 3.64. The molecule has 0 saturated heterocycles. The van der Waals surface area contributed by atoms with Crippen molar-refractivity contribution in [2.75, 3.05) is 13.7 Å². The van der Waals surface area contributed by atoms with Crippen LogP contribution in [0.1, 0.15) is 52.0 Å². The molecule has 0 radical (unpaired) electrons. The van der Waals surface area contributed by atoms with E-state index in [1.54, 1.807) is 7.11 Å². The lowest BCUT2D eigenvalue weighted by atomic mass is 9.69. The highest BCUT2D eigenvalue weighted by Crippen LogP contribution is 2.37. The van der Waals surface area contributed by atoms with Gasteiger partial charge in [-0.05, 0) is 54.8 Å². The average molecular weight is 289 g/mol. The van der Waals surface area contributed by atoms with Crippen LogP contribution in [0.15, 0.2) is 24.3 Å². The van der Waals surface area contributed by atoms with Crippen LogP contribution < -0.4 is 10.1 Å². The van der Waals surface area contributed by atoms with E-state index >= 15 is 0 Å². The number of hydrogen-bond acceptors (Lipinski definition) is 2. The monoisotopic (exact) mass is 289 g/mol. The molecule has 2 rings (SSSR count). The molecule has 2 nitrogen and oxygen atoms in total. The molecule has 118 valence electrons. The van der Waals surface area contributed by atoms with E-state index in [9.17, 15) is 0 Å². The van der Waals surface area contributed by atoms with Gasteiger partial charge in [0.25, 0.3) is 0 Å². The molecule has 1 aliphatic rings. The van der Waals surface area contributed by atoms with Crippen molar-refractivity contribution >= 4 is 0 Å². The first-order chi connectivity index (χ1) is 10.0. The van der Waals surface area contributed by atoms with Crippen molar-refractivity contribution in [2.45, 2.75) is 58.9 Å². The molecular formula is C19H31NO. The van der Waals surface area contributed by atoms with Crippen molar-refractivity contribution in [2.24, 2.45) is 11.3 Å². The molecule has 2 atom stereocenters. The summed E-state index contributed by atoms with van der Waals surface area (Å²) in [5.41, 5.74) is 1.76. The zero-order valence-electron chi connectivity index (χ0n) is 14.1. The Hall–Kier alpha value is -1.02. The highest BCUT2D eigenvalue weighted by Gasteiger charge is 2.33. The van der Waals surface area contributed by atoms with Crippen molar-refractivity contribution in [3.8, 4) is 5.75 Å². The van der Waals surface area contributed by atoms with E-state index in [0.29, 0.717) is 11.5 Å². The molecule has 1 aromatic carbocycles. The molecule has 1 aromatic rings. The fourth-order valence-electron chi connectivity index (χ4n) is 3.64. The van der Waals surface area contributed by atoms with E-state index in [1.165, 1.54) is 31.2 Å². The van der Waals surface area contributed by atoms with E-state index in [4.69, 9.17) is 4.74 Å². The Balaban J connectivity index is 1.86. The number of methoxy groups -OCH3 is 1. The van der Waals surface area contributed by atoms with Gasteiger partial charge in [0.2, 0.25) is 0 Å². The van der Waals surface area contributed by atoms with Crippen molar-refractivity contribution in [1.82, 2.24) is 5.32 Å². The Kier molecular flexibility index (Phi) is 5.69. The van der Waals surface area contributed by atoms with Gasteiger partial charge in [-0.2, -0.15) is 0 Å². The summed E-state index contributed by atoms with van der Waals surface area (Å²) in [6, 6.07) is 9.10. The highest BCUT2D eigenvalue weighted by atomic mass is 16.5. The zero-order valence-corrected chi connectivity index (χ0v) is 14.1. The Morgan fingerprint density at radius 3 is 2.67 bits per heavy atom. The molecule has 2 unspecified atom stereocenters. The predicted molar refractivity (Wildman–Crippen MR) is 89.9 cm³/mol. The van der Waals surface area contributed by atoms with Gasteiger partial charge in [0.05, 0.1) is 7.11 Å². The SMILES string of the molecule is COc1cccc(CCNC2CCCCC2C(C)(C)C)c1. The summed E-state index contributed by atoms with van der Waals surface area (Å²) >= 11 is 0. The first kappa shape index (κ1) is 16.4. The lowest BCUT2D eigenvalue weighted by molar-refractivity contribution is 0.131. The molecule has 0 aliphatic heterocycles. The molecule has 0 amide bonds. The Labute approximate surface area is 130 Å². The molecule has 0 heterocycles. The van der Waals surface area contributed by atoms with Crippen LogP contribution in [-0.4, -0.2) is 19.7 Å². The minimum absolute atomic E-state index is 0.411. The van der Waals surface area contributed by atoms with Gasteiger partial charge in [-0.3, -0.25) is 0 Å². The third-order valence-corrected chi connectivity index (χ3v) is 4.83. The maximum atomic E-state index is 5.29. The molecule has 21 heavy (non-hydrogen) atoms. The van der Waals surface area contributed by atoms with Crippen molar-refractivity contribution < 1.29 is 4.74 Å². The second kappa shape index (κ2) is 7.31. The minimum Gasteiger partial charge on any atom is -0.497 e. The van der Waals surface area contributed by atoms with Crippen LogP contribution in [0.5, 0.6) is 5.75 Å². The van der Waals surface area contributed by atoms with Crippen LogP contribution in [0, 0.1) is 11.3 Å². The number of benzene rings is 1. The third kappa shape index (κ3) is 4.74. The maximum absolute atomic E-state index is 5.29. The van der Waals surface area contributed by atoms with Crippen LogP contribution in [0.25, 0.3) is 0 Å². The van der Waals surface area contributed by atoms with Crippen LogP contribution in [0.3, 0.4) is 0 Å². The van der Waals surface area contributed by atoms with Gasteiger partial charge in [0.1, 0.15) is 5.75 Å². The van der Waals surface area contributed by atoms with Crippen LogP contribution in [0.2, 0.25) is 0 Å². The molecule has 1 N–H and O–H groups in total. The minimum atomic E-state index is 0.411. The van der Waals surface area contributed by atoms with Gasteiger partial charge in [-0.25, -0.2) is 0 Å². The predicted octanol–water partition coefficient (Wildman–Crippen LogP) is 4.43. The quantitative estimate of drug-likeness (QED) is 0.865. The first-order valence-corrected chi connectivity index (χ1v) is 8.37. The maximum Gasteiger partial charge on any atom is 0.119 e. The number of nitrogens with one attached hydrogen (secondary N) is 1. The molecule has 1 fully saturated rings. The summed E-state index contributed by atoms with van der Waals surface area (Å²) in [5.74, 6) is 1.76. The van der Waals surface area contributed by atoms with Gasteiger partial charge < -0.3 is 10.1 Å². The van der Waals surface area contributed by atoms with E-state index < -0.39 is 0 Å². The van der Waals surface area contributed by atoms with E-state index in [2.05, 4.69) is 44.3 Å². The van der Waals surface area contributed by atoms with Crippen molar-refractivity contribution in [3.63, 3.8) is 0 Å². The highest BCUT2D eigenvalue weighted by molar-refractivity contribution is 5.28. The van der Waals surface area contributed by atoms with Gasteiger partial charge in [0.15, 0.2) is 0 Å². The number of ether oxygens (including phenoxy) is 1.